The molecule has 0 aromatic carbocycles. The van der Waals surface area contributed by atoms with Gasteiger partial charge in [-0.2, -0.15) is 0 Å². The summed E-state index contributed by atoms with van der Waals surface area (Å²) in [7, 11) is 0. The molecule has 2 unspecified atom stereocenters. The van der Waals surface area contributed by atoms with Gasteiger partial charge in [-0.05, 0) is 24.7 Å². The highest BCUT2D eigenvalue weighted by Gasteiger charge is 2.21. The molecule has 0 radical (unpaired) electrons. The van der Waals surface area contributed by atoms with Crippen molar-refractivity contribution in [1.82, 2.24) is 15.5 Å². The molecule has 2 aliphatic rings. The van der Waals surface area contributed by atoms with Gasteiger partial charge in [0.05, 0.1) is 0 Å². The number of hydrogen-bond acceptors (Lipinski definition) is 3. The van der Waals surface area contributed by atoms with Crippen LogP contribution in [0, 0.1) is 11.8 Å². The molecule has 2 fully saturated rings. The highest BCUT2D eigenvalue weighted by Crippen LogP contribution is 2.30. The van der Waals surface area contributed by atoms with Crippen molar-refractivity contribution < 1.29 is 4.79 Å². The maximum atomic E-state index is 11.9. The number of piperazine rings is 1. The zero-order valence-electron chi connectivity index (χ0n) is 12.7. The van der Waals surface area contributed by atoms with E-state index < -0.39 is 0 Å². The van der Waals surface area contributed by atoms with E-state index in [0.29, 0.717) is 5.92 Å². The Morgan fingerprint density at radius 3 is 2.75 bits per heavy atom. The fraction of sp³-hybridized carbons (Fsp3) is 0.933. The Hall–Kier alpha value is -0.320. The van der Waals surface area contributed by atoms with Gasteiger partial charge >= 0.3 is 0 Å². The van der Waals surface area contributed by atoms with Gasteiger partial charge in [-0.25, -0.2) is 0 Å². The maximum Gasteiger partial charge on any atom is 0.220 e. The number of carbonyl (C=O) groups is 1. The standard InChI is InChI=1S/C15H29N3O.ClH/c1-13-3-2-4-14(11-13)12-15(19)17-7-10-18-8-5-16-6-9-18;/h13-14,16H,2-12H2,1H3,(H,17,19);1H. The summed E-state index contributed by atoms with van der Waals surface area (Å²) in [6, 6.07) is 0. The molecule has 4 nitrogen and oxygen atoms in total. The molecule has 0 spiro atoms. The second-order valence-corrected chi connectivity index (χ2v) is 6.28. The maximum absolute atomic E-state index is 11.9. The molecule has 1 aliphatic heterocycles. The van der Waals surface area contributed by atoms with Gasteiger partial charge in [0.1, 0.15) is 0 Å². The Kier molecular flexibility index (Phi) is 8.50. The SMILES string of the molecule is CC1CCCC(CC(=O)NCCN2CCNCC2)C1.Cl. The zero-order valence-corrected chi connectivity index (χ0v) is 13.5. The Labute approximate surface area is 129 Å². The first-order valence-electron chi connectivity index (χ1n) is 7.94. The topological polar surface area (TPSA) is 44.4 Å². The molecule has 1 amide bonds. The van der Waals surface area contributed by atoms with E-state index in [2.05, 4.69) is 22.5 Å². The lowest BCUT2D eigenvalue weighted by molar-refractivity contribution is -0.122. The molecule has 1 aliphatic carbocycles. The molecule has 2 N–H and O–H groups in total. The van der Waals surface area contributed by atoms with Crippen LogP contribution >= 0.6 is 12.4 Å². The molecule has 0 aromatic rings. The predicted molar refractivity (Wildman–Crippen MR) is 85.3 cm³/mol. The van der Waals surface area contributed by atoms with Crippen LogP contribution in [-0.2, 0) is 4.79 Å². The summed E-state index contributed by atoms with van der Waals surface area (Å²) >= 11 is 0. The summed E-state index contributed by atoms with van der Waals surface area (Å²) in [5.41, 5.74) is 0. The summed E-state index contributed by atoms with van der Waals surface area (Å²) in [4.78, 5) is 14.3. The summed E-state index contributed by atoms with van der Waals surface area (Å²) in [6.07, 6.45) is 5.88. The number of hydrogen-bond donors (Lipinski definition) is 2. The van der Waals surface area contributed by atoms with Gasteiger partial charge in [-0.3, -0.25) is 9.69 Å². The minimum atomic E-state index is 0. The van der Waals surface area contributed by atoms with Crippen LogP contribution in [0.3, 0.4) is 0 Å². The molecule has 2 rings (SSSR count). The van der Waals surface area contributed by atoms with Crippen LogP contribution in [-0.4, -0.2) is 50.1 Å². The van der Waals surface area contributed by atoms with E-state index in [1.54, 1.807) is 0 Å². The van der Waals surface area contributed by atoms with E-state index in [4.69, 9.17) is 0 Å². The van der Waals surface area contributed by atoms with Crippen LogP contribution in [0.5, 0.6) is 0 Å². The monoisotopic (exact) mass is 303 g/mol. The zero-order chi connectivity index (χ0) is 13.5. The van der Waals surface area contributed by atoms with Crippen molar-refractivity contribution in [1.29, 1.82) is 0 Å². The van der Waals surface area contributed by atoms with Crippen LogP contribution in [0.4, 0.5) is 0 Å². The largest absolute Gasteiger partial charge is 0.355 e. The third-order valence-electron chi connectivity index (χ3n) is 4.48. The lowest BCUT2D eigenvalue weighted by atomic mass is 9.81. The van der Waals surface area contributed by atoms with Crippen LogP contribution in [0.15, 0.2) is 0 Å². The Balaban J connectivity index is 0.00000200. The van der Waals surface area contributed by atoms with Crippen LogP contribution in [0.2, 0.25) is 0 Å². The summed E-state index contributed by atoms with van der Waals surface area (Å²) in [6.45, 7) is 8.48. The van der Waals surface area contributed by atoms with Crippen LogP contribution in [0.1, 0.15) is 39.0 Å². The van der Waals surface area contributed by atoms with Crippen LogP contribution < -0.4 is 10.6 Å². The smallest absolute Gasteiger partial charge is 0.220 e. The molecular formula is C15H30ClN3O. The Morgan fingerprint density at radius 2 is 2.05 bits per heavy atom. The van der Waals surface area contributed by atoms with Crippen molar-refractivity contribution in [3.8, 4) is 0 Å². The van der Waals surface area contributed by atoms with Gasteiger partial charge < -0.3 is 10.6 Å². The molecule has 0 aromatic heterocycles. The molecule has 118 valence electrons. The molecule has 1 saturated heterocycles. The number of nitrogens with zero attached hydrogens (tertiary/aromatic N) is 1. The van der Waals surface area contributed by atoms with Gasteiger partial charge in [0.25, 0.3) is 0 Å². The van der Waals surface area contributed by atoms with Crippen molar-refractivity contribution in [3.05, 3.63) is 0 Å². The normalized spacial score (nSPS) is 27.6. The van der Waals surface area contributed by atoms with Crippen molar-refractivity contribution >= 4 is 18.3 Å². The number of amides is 1. The van der Waals surface area contributed by atoms with Gasteiger partial charge in [0, 0.05) is 45.7 Å². The van der Waals surface area contributed by atoms with Gasteiger partial charge in [-0.15, -0.1) is 12.4 Å². The van der Waals surface area contributed by atoms with E-state index in [1.807, 2.05) is 0 Å². The first kappa shape index (κ1) is 17.7. The van der Waals surface area contributed by atoms with Gasteiger partial charge in [-0.1, -0.05) is 19.8 Å². The molecular weight excluding hydrogens is 274 g/mol. The second-order valence-electron chi connectivity index (χ2n) is 6.28. The minimum absolute atomic E-state index is 0. The molecule has 5 heteroatoms. The number of rotatable bonds is 5. The van der Waals surface area contributed by atoms with Crippen molar-refractivity contribution in [3.63, 3.8) is 0 Å². The average molecular weight is 304 g/mol. The summed E-state index contributed by atoms with van der Waals surface area (Å²) in [5, 5.41) is 6.43. The summed E-state index contributed by atoms with van der Waals surface area (Å²) < 4.78 is 0. The molecule has 1 saturated carbocycles. The fourth-order valence-corrected chi connectivity index (χ4v) is 3.37. The van der Waals surface area contributed by atoms with Crippen molar-refractivity contribution in [2.75, 3.05) is 39.3 Å². The highest BCUT2D eigenvalue weighted by molar-refractivity contribution is 5.85. The molecule has 2 atom stereocenters. The van der Waals surface area contributed by atoms with E-state index in [1.165, 1.54) is 25.7 Å². The minimum Gasteiger partial charge on any atom is -0.355 e. The van der Waals surface area contributed by atoms with Crippen molar-refractivity contribution in [2.24, 2.45) is 11.8 Å². The molecule has 20 heavy (non-hydrogen) atoms. The summed E-state index contributed by atoms with van der Waals surface area (Å²) in [5.74, 6) is 1.70. The quantitative estimate of drug-likeness (QED) is 0.812. The lowest BCUT2D eigenvalue weighted by Crippen LogP contribution is -2.46. The van der Waals surface area contributed by atoms with Gasteiger partial charge in [0.2, 0.25) is 5.91 Å². The number of nitrogens with one attached hydrogen (secondary N) is 2. The van der Waals surface area contributed by atoms with Crippen molar-refractivity contribution in [2.45, 2.75) is 39.0 Å². The van der Waals surface area contributed by atoms with Crippen LogP contribution in [0.25, 0.3) is 0 Å². The highest BCUT2D eigenvalue weighted by atomic mass is 35.5. The van der Waals surface area contributed by atoms with Gasteiger partial charge in [0.15, 0.2) is 0 Å². The van der Waals surface area contributed by atoms with E-state index in [-0.39, 0.29) is 18.3 Å². The first-order valence-corrected chi connectivity index (χ1v) is 7.94. The van der Waals surface area contributed by atoms with E-state index >= 15 is 0 Å². The molecule has 1 heterocycles. The van der Waals surface area contributed by atoms with E-state index in [9.17, 15) is 4.79 Å². The molecule has 0 bridgehead atoms. The Morgan fingerprint density at radius 1 is 1.30 bits per heavy atom. The average Bonchev–Trinajstić information content (AvgIpc) is 2.40. The fourth-order valence-electron chi connectivity index (χ4n) is 3.37. The Bertz CT molecular complexity index is 282. The predicted octanol–water partition coefficient (Wildman–Crippen LogP) is 1.65. The first-order chi connectivity index (χ1) is 9.24. The third kappa shape index (κ3) is 6.42. The second kappa shape index (κ2) is 9.59. The van der Waals surface area contributed by atoms with E-state index in [0.717, 1.165) is 51.6 Å². The third-order valence-corrected chi connectivity index (χ3v) is 4.48. The number of halogens is 1. The lowest BCUT2D eigenvalue weighted by Gasteiger charge is -2.28. The number of carbonyl (C=O) groups excluding carboxylic acids is 1.